The van der Waals surface area contributed by atoms with Gasteiger partial charge in [0.25, 0.3) is 0 Å². The maximum Gasteiger partial charge on any atom is 0.306 e. The zero-order valence-electron chi connectivity index (χ0n) is 48.6. The molecule has 0 saturated carbocycles. The Morgan fingerprint density at radius 1 is 0.264 bits per heavy atom. The molecule has 0 aromatic carbocycles. The van der Waals surface area contributed by atoms with Gasteiger partial charge in [0.1, 0.15) is 18.3 Å². The topological polar surface area (TPSA) is 108 Å². The van der Waals surface area contributed by atoms with Crippen molar-refractivity contribution in [3.05, 3.63) is 0 Å². The molecule has 0 aliphatic carbocycles. The fraction of sp³-hybridized carbons (Fsp3) is 0.968. The zero-order chi connectivity index (χ0) is 52.3. The molecule has 0 heterocycles. The lowest BCUT2D eigenvalue weighted by Gasteiger charge is -2.19. The van der Waals surface area contributed by atoms with E-state index in [-0.39, 0.29) is 30.3 Å². The molecule has 0 aliphatic rings. The Balaban J connectivity index is 4.60. The van der Waals surface area contributed by atoms with Gasteiger partial charge in [-0.2, -0.15) is 0 Å². The molecule has 10 heteroatoms. The first kappa shape index (κ1) is 70.7. The van der Waals surface area contributed by atoms with Crippen molar-refractivity contribution >= 4 is 11.9 Å². The van der Waals surface area contributed by atoms with Gasteiger partial charge in [0.15, 0.2) is 0 Å². The number of carbonyl (C=O) groups is 2. The highest BCUT2D eigenvalue weighted by Gasteiger charge is 2.16. The summed E-state index contributed by atoms with van der Waals surface area (Å²) in [5.74, 6) is -0.0104. The zero-order valence-corrected chi connectivity index (χ0v) is 48.6. The van der Waals surface area contributed by atoms with Crippen LogP contribution < -0.4 is 0 Å². The molecule has 0 N–H and O–H groups in total. The summed E-state index contributed by atoms with van der Waals surface area (Å²) in [7, 11) is 0. The van der Waals surface area contributed by atoms with Crippen molar-refractivity contribution in [3.8, 4) is 0 Å². The molecule has 0 fully saturated rings. The van der Waals surface area contributed by atoms with Crippen LogP contribution in [0.25, 0.3) is 0 Å². The fourth-order valence-electron chi connectivity index (χ4n) is 9.16. The van der Waals surface area contributed by atoms with Gasteiger partial charge < -0.3 is 37.9 Å². The standard InChI is InChI=1S/C62H122O10/c1-6-11-15-19-25-33-41-58(42-34-26-20-16-12-7-2)71-61(63)45-37-29-23-31-39-48-68-56-60(57-69-55-54-67-53-52-66-51-50-65-47-10-5)70-49-40-32-24-30-38-46-62(64)72-59(43-35-27-21-17-13-8-3)44-36-28-22-18-14-9-4/h58-60H,6-57H2,1-5H3. The predicted molar refractivity (Wildman–Crippen MR) is 301 cm³/mol. The molecule has 0 bridgehead atoms. The van der Waals surface area contributed by atoms with Crippen LogP contribution in [0.1, 0.15) is 298 Å². The number of ether oxygens (including phenoxy) is 8. The van der Waals surface area contributed by atoms with Crippen LogP contribution in [0.2, 0.25) is 0 Å². The Morgan fingerprint density at radius 3 is 0.931 bits per heavy atom. The summed E-state index contributed by atoms with van der Waals surface area (Å²) < 4.78 is 47.3. The second-order valence-corrected chi connectivity index (χ2v) is 21.0. The van der Waals surface area contributed by atoms with Crippen LogP contribution >= 0.6 is 0 Å². The highest BCUT2D eigenvalue weighted by Crippen LogP contribution is 2.20. The molecule has 0 radical (unpaired) electrons. The van der Waals surface area contributed by atoms with Crippen LogP contribution in [-0.4, -0.2) is 103 Å². The van der Waals surface area contributed by atoms with E-state index in [2.05, 4.69) is 34.6 Å². The average Bonchev–Trinajstić information content (AvgIpc) is 3.38. The van der Waals surface area contributed by atoms with E-state index < -0.39 is 0 Å². The summed E-state index contributed by atoms with van der Waals surface area (Å²) in [5, 5.41) is 0. The first-order valence-electron chi connectivity index (χ1n) is 31.4. The van der Waals surface area contributed by atoms with Crippen LogP contribution in [0.3, 0.4) is 0 Å². The minimum absolute atomic E-state index is 0.00381. The lowest BCUT2D eigenvalue weighted by Crippen LogP contribution is -2.27. The van der Waals surface area contributed by atoms with Crippen molar-refractivity contribution in [2.75, 3.05) is 72.7 Å². The molecule has 72 heavy (non-hydrogen) atoms. The number of esters is 2. The molecule has 1 atom stereocenters. The van der Waals surface area contributed by atoms with E-state index >= 15 is 0 Å². The Hall–Kier alpha value is -1.30. The monoisotopic (exact) mass is 1030 g/mol. The molecule has 430 valence electrons. The van der Waals surface area contributed by atoms with E-state index in [4.69, 9.17) is 37.9 Å². The van der Waals surface area contributed by atoms with E-state index in [0.29, 0.717) is 78.9 Å². The van der Waals surface area contributed by atoms with Crippen LogP contribution in [0.5, 0.6) is 0 Å². The fourth-order valence-corrected chi connectivity index (χ4v) is 9.16. The SMILES string of the molecule is CCCCCCCCC(CCCCCCCC)OC(=O)CCCCCCCOCC(COCCOCCOCCOCCC)OCCCCCCCC(=O)OC(CCCCCCCC)CCCCCCCC. The quantitative estimate of drug-likeness (QED) is 0.0432. The second-order valence-electron chi connectivity index (χ2n) is 21.0. The van der Waals surface area contributed by atoms with Crippen molar-refractivity contribution in [1.82, 2.24) is 0 Å². The first-order valence-corrected chi connectivity index (χ1v) is 31.4. The normalized spacial score (nSPS) is 12.2. The summed E-state index contributed by atoms with van der Waals surface area (Å²) >= 11 is 0. The lowest BCUT2D eigenvalue weighted by molar-refractivity contribution is -0.151. The Kier molecular flexibility index (Phi) is 59.5. The van der Waals surface area contributed by atoms with E-state index in [9.17, 15) is 9.59 Å². The number of rotatable bonds is 62. The van der Waals surface area contributed by atoms with E-state index in [1.165, 1.54) is 154 Å². The van der Waals surface area contributed by atoms with Crippen LogP contribution in [0.4, 0.5) is 0 Å². The van der Waals surface area contributed by atoms with Gasteiger partial charge in [-0.25, -0.2) is 0 Å². The van der Waals surface area contributed by atoms with Crippen LogP contribution in [-0.2, 0) is 47.5 Å². The van der Waals surface area contributed by atoms with E-state index in [1.807, 2.05) is 0 Å². The van der Waals surface area contributed by atoms with Crippen molar-refractivity contribution < 1.29 is 47.5 Å². The average molecular weight is 1030 g/mol. The molecule has 0 amide bonds. The largest absolute Gasteiger partial charge is 0.462 e. The Labute approximate surface area is 446 Å². The highest BCUT2D eigenvalue weighted by atomic mass is 16.6. The molecular weight excluding hydrogens is 905 g/mol. The summed E-state index contributed by atoms with van der Waals surface area (Å²) in [6.45, 7) is 17.5. The maximum atomic E-state index is 12.9. The Bertz CT molecular complexity index is 1030. The lowest BCUT2D eigenvalue weighted by atomic mass is 10.0. The maximum absolute atomic E-state index is 12.9. The smallest absolute Gasteiger partial charge is 0.306 e. The predicted octanol–water partition coefficient (Wildman–Crippen LogP) is 17.4. The van der Waals surface area contributed by atoms with Crippen LogP contribution in [0.15, 0.2) is 0 Å². The Morgan fingerprint density at radius 2 is 0.556 bits per heavy atom. The summed E-state index contributed by atoms with van der Waals surface area (Å²) in [6, 6.07) is 0. The van der Waals surface area contributed by atoms with Crippen molar-refractivity contribution in [2.24, 2.45) is 0 Å². The number of hydrogen-bond donors (Lipinski definition) is 0. The molecule has 1 unspecified atom stereocenters. The van der Waals surface area contributed by atoms with Crippen molar-refractivity contribution in [2.45, 2.75) is 316 Å². The molecule has 0 rings (SSSR count). The second kappa shape index (κ2) is 60.6. The molecule has 0 saturated heterocycles. The third-order valence-corrected chi connectivity index (χ3v) is 13.7. The van der Waals surface area contributed by atoms with Crippen LogP contribution in [0, 0.1) is 0 Å². The molecule has 0 aromatic heterocycles. The molecular formula is C62H122O10. The van der Waals surface area contributed by atoms with Gasteiger partial charge in [0.2, 0.25) is 0 Å². The first-order chi connectivity index (χ1) is 35.5. The van der Waals surface area contributed by atoms with Gasteiger partial charge in [-0.3, -0.25) is 9.59 Å². The van der Waals surface area contributed by atoms with Crippen molar-refractivity contribution in [1.29, 1.82) is 0 Å². The minimum Gasteiger partial charge on any atom is -0.462 e. The third-order valence-electron chi connectivity index (χ3n) is 13.7. The molecule has 0 spiro atoms. The number of carbonyl (C=O) groups excluding carboxylic acids is 2. The summed E-state index contributed by atoms with van der Waals surface area (Å²) in [5.41, 5.74) is 0. The minimum atomic E-state index is -0.135. The van der Waals surface area contributed by atoms with Gasteiger partial charge in [-0.1, -0.05) is 202 Å². The van der Waals surface area contributed by atoms with Gasteiger partial charge in [0, 0.05) is 32.7 Å². The van der Waals surface area contributed by atoms with Crippen molar-refractivity contribution in [3.63, 3.8) is 0 Å². The third kappa shape index (κ3) is 54.9. The summed E-state index contributed by atoms with van der Waals surface area (Å²) in [6.07, 6.45) is 46.8. The highest BCUT2D eigenvalue weighted by molar-refractivity contribution is 5.69. The van der Waals surface area contributed by atoms with Gasteiger partial charge in [-0.15, -0.1) is 0 Å². The van der Waals surface area contributed by atoms with Gasteiger partial charge in [-0.05, 0) is 83.5 Å². The number of hydrogen-bond acceptors (Lipinski definition) is 10. The van der Waals surface area contributed by atoms with Gasteiger partial charge in [0.05, 0.1) is 52.9 Å². The molecule has 0 aromatic rings. The van der Waals surface area contributed by atoms with Gasteiger partial charge >= 0.3 is 11.9 Å². The van der Waals surface area contributed by atoms with E-state index in [1.54, 1.807) is 0 Å². The molecule has 0 aliphatic heterocycles. The molecule has 10 nitrogen and oxygen atoms in total. The number of unbranched alkanes of at least 4 members (excludes halogenated alkanes) is 28. The van der Waals surface area contributed by atoms with E-state index in [0.717, 1.165) is 103 Å². The summed E-state index contributed by atoms with van der Waals surface area (Å²) in [4.78, 5) is 25.7.